The fourth-order valence-corrected chi connectivity index (χ4v) is 4.16. The van der Waals surface area contributed by atoms with Crippen molar-refractivity contribution in [1.29, 1.82) is 0 Å². The Morgan fingerprint density at radius 3 is 1.33 bits per heavy atom. The van der Waals surface area contributed by atoms with E-state index in [1.807, 2.05) is 0 Å². The highest BCUT2D eigenvalue weighted by Crippen LogP contribution is 2.58. The van der Waals surface area contributed by atoms with Gasteiger partial charge in [-0.25, -0.2) is 0 Å². The van der Waals surface area contributed by atoms with Gasteiger partial charge in [0.05, 0.1) is 11.1 Å². The molecule has 0 aromatic heterocycles. The van der Waals surface area contributed by atoms with Crippen LogP contribution in [0.1, 0.15) is 37.8 Å². The lowest BCUT2D eigenvalue weighted by molar-refractivity contribution is 0.506. The van der Waals surface area contributed by atoms with E-state index in [0.29, 0.717) is 0 Å². The second-order valence-corrected chi connectivity index (χ2v) is 7.49. The molecule has 1 saturated heterocycles. The first-order valence-corrected chi connectivity index (χ1v) is 8.98. The smallest absolute Gasteiger partial charge is 0.0666 e. The molecule has 2 aromatic rings. The Hall–Kier alpha value is -0.640. The van der Waals surface area contributed by atoms with Gasteiger partial charge in [0.25, 0.3) is 0 Å². The van der Waals surface area contributed by atoms with E-state index >= 15 is 0 Å². The molecule has 3 heteroatoms. The van der Waals surface area contributed by atoms with Crippen LogP contribution >= 0.6 is 31.9 Å². The van der Waals surface area contributed by atoms with Crippen molar-refractivity contribution in [2.75, 3.05) is 0 Å². The van der Waals surface area contributed by atoms with Gasteiger partial charge < -0.3 is 0 Å². The van der Waals surface area contributed by atoms with Crippen LogP contribution in [0.15, 0.2) is 57.5 Å². The Morgan fingerprint density at radius 2 is 1.05 bits per heavy atom. The predicted octanol–water partition coefficient (Wildman–Crippen LogP) is 5.73. The third kappa shape index (κ3) is 2.30. The molecule has 0 bridgehead atoms. The maximum atomic E-state index is 3.84. The van der Waals surface area contributed by atoms with Gasteiger partial charge in [-0.3, -0.25) is 5.32 Å². The van der Waals surface area contributed by atoms with Gasteiger partial charge in [0.15, 0.2) is 0 Å². The molecule has 1 heterocycles. The first-order chi connectivity index (χ1) is 10.1. The average Bonchev–Trinajstić information content (AvgIpc) is 3.19. The zero-order valence-corrected chi connectivity index (χ0v) is 15.5. The van der Waals surface area contributed by atoms with Crippen molar-refractivity contribution in [3.05, 3.63) is 68.6 Å². The van der Waals surface area contributed by atoms with Gasteiger partial charge in [0.1, 0.15) is 0 Å². The summed E-state index contributed by atoms with van der Waals surface area (Å²) < 4.78 is 2.26. The minimum Gasteiger partial charge on any atom is -0.294 e. The van der Waals surface area contributed by atoms with Crippen LogP contribution in [-0.2, 0) is 11.1 Å². The summed E-state index contributed by atoms with van der Waals surface area (Å²) in [5, 5.41) is 3.84. The van der Waals surface area contributed by atoms with Crippen molar-refractivity contribution in [2.45, 2.75) is 37.8 Å². The largest absolute Gasteiger partial charge is 0.294 e. The zero-order valence-electron chi connectivity index (χ0n) is 12.3. The molecule has 1 fully saturated rings. The van der Waals surface area contributed by atoms with Gasteiger partial charge in [-0.05, 0) is 48.2 Å². The number of hydrogen-bond acceptors (Lipinski definition) is 1. The molecule has 2 unspecified atom stereocenters. The Morgan fingerprint density at radius 1 is 0.714 bits per heavy atom. The lowest BCUT2D eigenvalue weighted by Gasteiger charge is -2.22. The molecule has 21 heavy (non-hydrogen) atoms. The van der Waals surface area contributed by atoms with Crippen molar-refractivity contribution < 1.29 is 0 Å². The third-order valence-electron chi connectivity index (χ3n) is 4.83. The van der Waals surface area contributed by atoms with Crippen molar-refractivity contribution in [2.24, 2.45) is 0 Å². The van der Waals surface area contributed by atoms with Crippen molar-refractivity contribution >= 4 is 31.9 Å². The van der Waals surface area contributed by atoms with Gasteiger partial charge in [0.2, 0.25) is 0 Å². The van der Waals surface area contributed by atoms with Gasteiger partial charge in [-0.1, -0.05) is 70.0 Å². The maximum Gasteiger partial charge on any atom is 0.0666 e. The van der Waals surface area contributed by atoms with E-state index in [-0.39, 0.29) is 11.1 Å². The molecule has 2 aromatic carbocycles. The molecule has 0 amide bonds. The van der Waals surface area contributed by atoms with Crippen LogP contribution in [0.25, 0.3) is 0 Å². The Kier molecular flexibility index (Phi) is 4.02. The Balaban J connectivity index is 2.05. The molecular weight excluding hydrogens is 390 g/mol. The molecule has 0 radical (unpaired) electrons. The van der Waals surface area contributed by atoms with Gasteiger partial charge in [-0.2, -0.15) is 0 Å². The maximum absolute atomic E-state index is 3.84. The molecule has 0 saturated carbocycles. The fraction of sp³-hybridized carbons (Fsp3) is 0.333. The van der Waals surface area contributed by atoms with Crippen LogP contribution in [0.5, 0.6) is 0 Å². The standard InChI is InChI=1S/C18H19Br2N/c1-3-17(13-5-9-15(19)10-6-13)18(4-2,21-17)14-7-11-16(20)12-8-14/h5-12,21H,3-4H2,1-2H3. The summed E-state index contributed by atoms with van der Waals surface area (Å²) in [7, 11) is 0. The number of benzene rings is 2. The molecule has 1 N–H and O–H groups in total. The number of rotatable bonds is 4. The minimum atomic E-state index is 0.0519. The van der Waals surface area contributed by atoms with Gasteiger partial charge in [-0.15, -0.1) is 0 Å². The van der Waals surface area contributed by atoms with E-state index in [4.69, 9.17) is 0 Å². The van der Waals surface area contributed by atoms with Crippen molar-refractivity contribution in [1.82, 2.24) is 5.32 Å². The third-order valence-corrected chi connectivity index (χ3v) is 5.88. The molecule has 1 aliphatic rings. The second-order valence-electron chi connectivity index (χ2n) is 5.66. The molecule has 1 aliphatic heterocycles. The molecule has 0 aliphatic carbocycles. The van der Waals surface area contributed by atoms with Crippen LogP contribution in [0, 0.1) is 0 Å². The van der Waals surface area contributed by atoms with Crippen LogP contribution in [0.4, 0.5) is 0 Å². The van der Waals surface area contributed by atoms with E-state index in [0.717, 1.165) is 21.8 Å². The minimum absolute atomic E-state index is 0.0519. The predicted molar refractivity (Wildman–Crippen MR) is 95.4 cm³/mol. The fourth-order valence-electron chi connectivity index (χ4n) is 3.63. The lowest BCUT2D eigenvalue weighted by Crippen LogP contribution is -2.21. The van der Waals surface area contributed by atoms with E-state index in [9.17, 15) is 0 Å². The summed E-state index contributed by atoms with van der Waals surface area (Å²) in [6.45, 7) is 4.54. The number of hydrogen-bond donors (Lipinski definition) is 1. The summed E-state index contributed by atoms with van der Waals surface area (Å²) >= 11 is 7.05. The molecule has 3 rings (SSSR count). The summed E-state index contributed by atoms with van der Waals surface area (Å²) in [6.07, 6.45) is 2.16. The van der Waals surface area contributed by atoms with Crippen LogP contribution in [0.3, 0.4) is 0 Å². The molecule has 110 valence electrons. The Bertz CT molecular complexity index is 578. The molecule has 1 nitrogen and oxygen atoms in total. The molecule has 2 atom stereocenters. The normalized spacial score (nSPS) is 27.6. The molecule has 0 spiro atoms. The summed E-state index contributed by atoms with van der Waals surface area (Å²) in [6, 6.07) is 17.5. The van der Waals surface area contributed by atoms with Crippen molar-refractivity contribution in [3.63, 3.8) is 0 Å². The highest BCUT2D eigenvalue weighted by atomic mass is 79.9. The zero-order chi connectivity index (χ0) is 15.1. The van der Waals surface area contributed by atoms with E-state index in [1.54, 1.807) is 0 Å². The summed E-state index contributed by atoms with van der Waals surface area (Å²) in [5.41, 5.74) is 2.85. The SMILES string of the molecule is CCC1(c2ccc(Br)cc2)NC1(CC)c1ccc(Br)cc1. The van der Waals surface area contributed by atoms with E-state index in [1.165, 1.54) is 11.1 Å². The van der Waals surface area contributed by atoms with Crippen LogP contribution < -0.4 is 5.32 Å². The van der Waals surface area contributed by atoms with Gasteiger partial charge >= 0.3 is 0 Å². The second kappa shape index (κ2) is 5.53. The highest BCUT2D eigenvalue weighted by molar-refractivity contribution is 9.10. The first kappa shape index (κ1) is 15.3. The number of nitrogens with one attached hydrogen (secondary N) is 1. The van der Waals surface area contributed by atoms with E-state index < -0.39 is 0 Å². The number of halogens is 2. The van der Waals surface area contributed by atoms with Crippen LogP contribution in [-0.4, -0.2) is 0 Å². The quantitative estimate of drug-likeness (QED) is 0.641. The summed E-state index contributed by atoms with van der Waals surface area (Å²) in [4.78, 5) is 0. The average molecular weight is 409 g/mol. The van der Waals surface area contributed by atoms with E-state index in [2.05, 4.69) is 99.6 Å². The summed E-state index contributed by atoms with van der Waals surface area (Å²) in [5.74, 6) is 0. The van der Waals surface area contributed by atoms with Crippen LogP contribution in [0.2, 0.25) is 0 Å². The van der Waals surface area contributed by atoms with Gasteiger partial charge in [0, 0.05) is 8.95 Å². The Labute approximate surface area is 143 Å². The monoisotopic (exact) mass is 407 g/mol. The molecular formula is C18H19Br2N. The highest BCUT2D eigenvalue weighted by Gasteiger charge is 2.66. The van der Waals surface area contributed by atoms with Crippen molar-refractivity contribution in [3.8, 4) is 0 Å². The first-order valence-electron chi connectivity index (χ1n) is 7.39. The lowest BCUT2D eigenvalue weighted by atomic mass is 9.78. The topological polar surface area (TPSA) is 21.9 Å².